The van der Waals surface area contributed by atoms with Crippen molar-refractivity contribution in [2.45, 2.75) is 6.54 Å². The van der Waals surface area contributed by atoms with Crippen LogP contribution in [0.25, 0.3) is 32.9 Å². The lowest BCUT2D eigenvalue weighted by Gasteiger charge is -2.09. The van der Waals surface area contributed by atoms with Crippen molar-refractivity contribution >= 4 is 27.8 Å². The van der Waals surface area contributed by atoms with Crippen molar-refractivity contribution < 1.29 is 9.90 Å². The van der Waals surface area contributed by atoms with Gasteiger partial charge in [-0.15, -0.1) is 0 Å². The lowest BCUT2D eigenvalue weighted by molar-refractivity contribution is 0.0697. The van der Waals surface area contributed by atoms with E-state index in [9.17, 15) is 9.90 Å². The molecule has 3 heteroatoms. The Balaban J connectivity index is 1.58. The number of carbonyl (C=O) groups is 1. The van der Waals surface area contributed by atoms with Crippen LogP contribution < -0.4 is 0 Å². The first-order valence-corrected chi connectivity index (χ1v) is 9.59. The molecule has 5 rings (SSSR count). The van der Waals surface area contributed by atoms with Crippen molar-refractivity contribution in [3.05, 3.63) is 108 Å². The third kappa shape index (κ3) is 3.07. The van der Waals surface area contributed by atoms with E-state index in [2.05, 4.69) is 53.1 Å². The van der Waals surface area contributed by atoms with E-state index < -0.39 is 5.97 Å². The van der Waals surface area contributed by atoms with E-state index in [0.717, 1.165) is 28.4 Å². The summed E-state index contributed by atoms with van der Waals surface area (Å²) in [5.74, 6) is -0.903. The van der Waals surface area contributed by atoms with Crippen LogP contribution in [0.2, 0.25) is 0 Å². The summed E-state index contributed by atoms with van der Waals surface area (Å²) in [4.78, 5) is 11.4. The average Bonchev–Trinajstić information content (AvgIpc) is 3.08. The van der Waals surface area contributed by atoms with Crippen LogP contribution in [0.4, 0.5) is 0 Å². The van der Waals surface area contributed by atoms with Crippen LogP contribution in [0, 0.1) is 0 Å². The van der Waals surface area contributed by atoms with Gasteiger partial charge in [-0.2, -0.15) is 0 Å². The van der Waals surface area contributed by atoms with Gasteiger partial charge in [0, 0.05) is 28.4 Å². The van der Waals surface area contributed by atoms with Crippen molar-refractivity contribution in [2.24, 2.45) is 0 Å². The average molecular weight is 377 g/mol. The molecule has 1 N–H and O–H groups in total. The summed E-state index contributed by atoms with van der Waals surface area (Å²) in [6.07, 6.45) is 0. The van der Waals surface area contributed by atoms with E-state index >= 15 is 0 Å². The second-order valence-electron chi connectivity index (χ2n) is 7.20. The molecule has 0 saturated carbocycles. The molecule has 0 spiro atoms. The van der Waals surface area contributed by atoms with Crippen LogP contribution in [0.5, 0.6) is 0 Å². The first kappa shape index (κ1) is 17.3. The third-order valence-corrected chi connectivity index (χ3v) is 5.42. The van der Waals surface area contributed by atoms with Gasteiger partial charge in [0.15, 0.2) is 0 Å². The van der Waals surface area contributed by atoms with Gasteiger partial charge in [-0.3, -0.25) is 0 Å². The monoisotopic (exact) mass is 377 g/mol. The number of aromatic carboxylic acids is 1. The van der Waals surface area contributed by atoms with E-state index in [-0.39, 0.29) is 0 Å². The van der Waals surface area contributed by atoms with Gasteiger partial charge in [-0.1, -0.05) is 72.8 Å². The topological polar surface area (TPSA) is 42.2 Å². The molecule has 0 radical (unpaired) electrons. The predicted octanol–water partition coefficient (Wildman–Crippen LogP) is 6.21. The van der Waals surface area contributed by atoms with Crippen LogP contribution in [-0.2, 0) is 6.54 Å². The molecule has 0 amide bonds. The maximum Gasteiger partial charge on any atom is 0.335 e. The Hall–Kier alpha value is -3.85. The number of rotatable bonds is 4. The second kappa shape index (κ2) is 6.95. The maximum absolute atomic E-state index is 11.4. The second-order valence-corrected chi connectivity index (χ2v) is 7.20. The highest BCUT2D eigenvalue weighted by Crippen LogP contribution is 2.31. The molecule has 0 aliphatic rings. The van der Waals surface area contributed by atoms with Gasteiger partial charge in [0.05, 0.1) is 5.56 Å². The minimum Gasteiger partial charge on any atom is -0.478 e. The summed E-state index contributed by atoms with van der Waals surface area (Å²) >= 11 is 0. The molecule has 1 heterocycles. The Morgan fingerprint density at radius 2 is 1.34 bits per heavy atom. The number of nitrogens with zero attached hydrogens (tertiary/aromatic N) is 1. The molecule has 0 unspecified atom stereocenters. The molecule has 0 aliphatic heterocycles. The van der Waals surface area contributed by atoms with Gasteiger partial charge in [-0.25, -0.2) is 4.79 Å². The Bertz CT molecular complexity index is 1330. The van der Waals surface area contributed by atoms with Crippen molar-refractivity contribution in [3.63, 3.8) is 0 Å². The number of carboxylic acids is 1. The molecule has 0 aliphatic carbocycles. The lowest BCUT2D eigenvalue weighted by atomic mass is 10.0. The SMILES string of the molecule is O=C(O)c1ccc2c(c1)c1ccccc1n2Cc1ccc(-c2ccccc2)cc1. The zero-order valence-corrected chi connectivity index (χ0v) is 15.7. The van der Waals surface area contributed by atoms with Crippen LogP contribution in [0.3, 0.4) is 0 Å². The number of fused-ring (bicyclic) bond motifs is 3. The highest BCUT2D eigenvalue weighted by atomic mass is 16.4. The molecular weight excluding hydrogens is 358 g/mol. The Morgan fingerprint density at radius 3 is 2.10 bits per heavy atom. The molecule has 29 heavy (non-hydrogen) atoms. The van der Waals surface area contributed by atoms with E-state index in [1.165, 1.54) is 16.7 Å². The van der Waals surface area contributed by atoms with E-state index in [1.54, 1.807) is 12.1 Å². The van der Waals surface area contributed by atoms with Crippen molar-refractivity contribution in [1.82, 2.24) is 4.57 Å². The molecular formula is C26H19NO2. The van der Waals surface area contributed by atoms with Crippen LogP contribution in [0.1, 0.15) is 15.9 Å². The first-order chi connectivity index (χ1) is 14.2. The summed E-state index contributed by atoms with van der Waals surface area (Å²) in [5, 5.41) is 11.4. The first-order valence-electron chi connectivity index (χ1n) is 9.59. The van der Waals surface area contributed by atoms with E-state index in [4.69, 9.17) is 0 Å². The lowest BCUT2D eigenvalue weighted by Crippen LogP contribution is -2.00. The van der Waals surface area contributed by atoms with Crippen LogP contribution >= 0.6 is 0 Å². The molecule has 0 bridgehead atoms. The standard InChI is InChI=1S/C26H19NO2/c28-26(29)21-14-15-25-23(16-21)22-8-4-5-9-24(22)27(25)17-18-10-12-20(13-11-18)19-6-2-1-3-7-19/h1-16H,17H2,(H,28,29). The van der Waals surface area contributed by atoms with Gasteiger partial charge in [-0.05, 0) is 41.0 Å². The number of hydrogen-bond acceptors (Lipinski definition) is 1. The highest BCUT2D eigenvalue weighted by molar-refractivity contribution is 6.10. The van der Waals surface area contributed by atoms with Crippen molar-refractivity contribution in [3.8, 4) is 11.1 Å². The summed E-state index contributed by atoms with van der Waals surface area (Å²) in [6.45, 7) is 0.728. The van der Waals surface area contributed by atoms with Gasteiger partial charge < -0.3 is 9.67 Å². The fraction of sp³-hybridized carbons (Fsp3) is 0.0385. The number of hydrogen-bond donors (Lipinski definition) is 1. The summed E-state index contributed by atoms with van der Waals surface area (Å²) < 4.78 is 2.26. The molecule has 0 atom stereocenters. The normalized spacial score (nSPS) is 11.2. The Morgan fingerprint density at radius 1 is 0.690 bits per heavy atom. The largest absolute Gasteiger partial charge is 0.478 e. The molecule has 5 aromatic rings. The number of aromatic nitrogens is 1. The molecule has 140 valence electrons. The number of benzene rings is 4. The minimum atomic E-state index is -0.903. The summed E-state index contributed by atoms with van der Waals surface area (Å²) in [5.41, 5.74) is 6.07. The zero-order chi connectivity index (χ0) is 19.8. The minimum absolute atomic E-state index is 0.313. The molecule has 4 aromatic carbocycles. The molecule has 0 saturated heterocycles. The fourth-order valence-electron chi connectivity index (χ4n) is 3.97. The molecule has 1 aromatic heterocycles. The van der Waals surface area contributed by atoms with Crippen LogP contribution in [-0.4, -0.2) is 15.6 Å². The summed E-state index contributed by atoms with van der Waals surface area (Å²) in [7, 11) is 0. The van der Waals surface area contributed by atoms with Crippen LogP contribution in [0.15, 0.2) is 97.1 Å². The fourth-order valence-corrected chi connectivity index (χ4v) is 3.97. The predicted molar refractivity (Wildman–Crippen MR) is 117 cm³/mol. The number of carboxylic acid groups (broad SMARTS) is 1. The zero-order valence-electron chi connectivity index (χ0n) is 15.7. The van der Waals surface area contributed by atoms with Gasteiger partial charge in [0.1, 0.15) is 0 Å². The van der Waals surface area contributed by atoms with E-state index in [1.807, 2.05) is 36.4 Å². The van der Waals surface area contributed by atoms with E-state index in [0.29, 0.717) is 5.56 Å². The van der Waals surface area contributed by atoms with Gasteiger partial charge >= 0.3 is 5.97 Å². The maximum atomic E-state index is 11.4. The molecule has 3 nitrogen and oxygen atoms in total. The third-order valence-electron chi connectivity index (χ3n) is 5.42. The number of para-hydroxylation sites is 1. The van der Waals surface area contributed by atoms with Crippen molar-refractivity contribution in [2.75, 3.05) is 0 Å². The smallest absolute Gasteiger partial charge is 0.335 e. The summed E-state index contributed by atoms with van der Waals surface area (Å²) in [6, 6.07) is 32.5. The highest BCUT2D eigenvalue weighted by Gasteiger charge is 2.13. The molecule has 0 fully saturated rings. The quantitative estimate of drug-likeness (QED) is 0.405. The Labute approximate surface area is 168 Å². The van der Waals surface area contributed by atoms with Gasteiger partial charge in [0.25, 0.3) is 0 Å². The van der Waals surface area contributed by atoms with Gasteiger partial charge in [0.2, 0.25) is 0 Å². The van der Waals surface area contributed by atoms with Crippen molar-refractivity contribution in [1.29, 1.82) is 0 Å². The Kier molecular flexibility index (Phi) is 4.14.